The van der Waals surface area contributed by atoms with Gasteiger partial charge in [-0.25, -0.2) is 13.9 Å². The van der Waals surface area contributed by atoms with Crippen LogP contribution in [0, 0.1) is 32.5 Å². The molecule has 3 aromatic rings. The van der Waals surface area contributed by atoms with Gasteiger partial charge in [0.05, 0.1) is 17.4 Å². The van der Waals surface area contributed by atoms with Crippen LogP contribution < -0.4 is 5.56 Å². The van der Waals surface area contributed by atoms with Crippen LogP contribution in [-0.4, -0.2) is 14.0 Å². The highest BCUT2D eigenvalue weighted by atomic mass is 19.1. The van der Waals surface area contributed by atoms with Gasteiger partial charge in [-0.1, -0.05) is 0 Å². The molecular weight excluding hydrogens is 276 g/mol. The van der Waals surface area contributed by atoms with Crippen LogP contribution in [0.2, 0.25) is 0 Å². The standard InChI is InChI=1S/C15H13F2N3O/c1-8-4-11(16)12(5-9(8)2)20-14(21)6-13(17)19-7-10(3)18-15(19)20/h4-7H,1-3H3. The highest BCUT2D eigenvalue weighted by Gasteiger charge is 2.16. The maximum atomic E-state index is 14.2. The SMILES string of the molecule is Cc1cn2c(F)cc(=O)n(-c3cc(C)c(C)cc3F)c2n1. The van der Waals surface area contributed by atoms with Crippen molar-refractivity contribution >= 4 is 5.78 Å². The minimum atomic E-state index is -0.726. The number of hydrogen-bond acceptors (Lipinski definition) is 2. The number of imidazole rings is 1. The van der Waals surface area contributed by atoms with E-state index in [0.29, 0.717) is 5.69 Å². The Bertz CT molecular complexity index is 925. The largest absolute Gasteiger partial charge is 0.269 e. The van der Waals surface area contributed by atoms with E-state index in [1.165, 1.54) is 12.3 Å². The fraction of sp³-hybridized carbons (Fsp3) is 0.200. The molecule has 0 fully saturated rings. The van der Waals surface area contributed by atoms with Crippen molar-refractivity contribution in [1.29, 1.82) is 0 Å². The van der Waals surface area contributed by atoms with Crippen molar-refractivity contribution in [3.63, 3.8) is 0 Å². The molecule has 3 rings (SSSR count). The summed E-state index contributed by atoms with van der Waals surface area (Å²) in [5.74, 6) is -1.22. The average molecular weight is 289 g/mol. The predicted octanol–water partition coefficient (Wildman–Crippen LogP) is 2.69. The van der Waals surface area contributed by atoms with Crippen molar-refractivity contribution in [2.45, 2.75) is 20.8 Å². The van der Waals surface area contributed by atoms with Crippen molar-refractivity contribution < 1.29 is 8.78 Å². The van der Waals surface area contributed by atoms with E-state index in [9.17, 15) is 13.6 Å². The van der Waals surface area contributed by atoms with Gasteiger partial charge in [-0.2, -0.15) is 4.39 Å². The molecule has 0 aliphatic heterocycles. The van der Waals surface area contributed by atoms with Crippen LogP contribution in [0.4, 0.5) is 8.78 Å². The van der Waals surface area contributed by atoms with Crippen LogP contribution in [0.25, 0.3) is 11.5 Å². The molecule has 0 saturated heterocycles. The Morgan fingerprint density at radius 2 is 1.71 bits per heavy atom. The lowest BCUT2D eigenvalue weighted by Gasteiger charge is -2.11. The highest BCUT2D eigenvalue weighted by molar-refractivity contribution is 5.48. The molecule has 0 radical (unpaired) electrons. The van der Waals surface area contributed by atoms with Crippen LogP contribution in [0.15, 0.2) is 29.2 Å². The average Bonchev–Trinajstić information content (AvgIpc) is 2.77. The van der Waals surface area contributed by atoms with E-state index >= 15 is 0 Å². The molecule has 21 heavy (non-hydrogen) atoms. The van der Waals surface area contributed by atoms with Gasteiger partial charge in [0.15, 0.2) is 0 Å². The van der Waals surface area contributed by atoms with E-state index in [-0.39, 0.29) is 11.5 Å². The van der Waals surface area contributed by atoms with Gasteiger partial charge < -0.3 is 0 Å². The fourth-order valence-electron chi connectivity index (χ4n) is 2.30. The number of rotatable bonds is 1. The van der Waals surface area contributed by atoms with E-state index in [4.69, 9.17) is 0 Å². The minimum Gasteiger partial charge on any atom is -0.269 e. The molecule has 2 aromatic heterocycles. The maximum Gasteiger partial charge on any atom is 0.262 e. The second kappa shape index (κ2) is 4.51. The molecule has 0 spiro atoms. The van der Waals surface area contributed by atoms with E-state index in [2.05, 4.69) is 4.98 Å². The lowest BCUT2D eigenvalue weighted by Crippen LogP contribution is -2.22. The highest BCUT2D eigenvalue weighted by Crippen LogP contribution is 2.19. The summed E-state index contributed by atoms with van der Waals surface area (Å²) < 4.78 is 30.3. The third-order valence-corrected chi connectivity index (χ3v) is 3.50. The Labute approximate surface area is 119 Å². The molecule has 2 heterocycles. The van der Waals surface area contributed by atoms with Gasteiger partial charge in [-0.15, -0.1) is 0 Å². The summed E-state index contributed by atoms with van der Waals surface area (Å²) in [7, 11) is 0. The molecule has 0 amide bonds. The molecule has 108 valence electrons. The van der Waals surface area contributed by atoms with Crippen LogP contribution in [0.5, 0.6) is 0 Å². The summed E-state index contributed by atoms with van der Waals surface area (Å²) in [4.78, 5) is 16.2. The first kappa shape index (κ1) is 13.5. The van der Waals surface area contributed by atoms with E-state index in [0.717, 1.165) is 26.2 Å². The van der Waals surface area contributed by atoms with Crippen molar-refractivity contribution in [2.75, 3.05) is 0 Å². The number of fused-ring (bicyclic) bond motifs is 1. The molecule has 4 nitrogen and oxygen atoms in total. The monoisotopic (exact) mass is 289 g/mol. The first-order chi connectivity index (χ1) is 9.88. The Morgan fingerprint density at radius 3 is 2.43 bits per heavy atom. The van der Waals surface area contributed by atoms with Crippen LogP contribution in [0.3, 0.4) is 0 Å². The van der Waals surface area contributed by atoms with Crippen LogP contribution >= 0.6 is 0 Å². The van der Waals surface area contributed by atoms with Crippen LogP contribution in [-0.2, 0) is 0 Å². The third kappa shape index (κ3) is 2.03. The summed E-state index contributed by atoms with van der Waals surface area (Å²) >= 11 is 0. The lowest BCUT2D eigenvalue weighted by molar-refractivity contribution is 0.554. The van der Waals surface area contributed by atoms with Crippen molar-refractivity contribution in [3.05, 3.63) is 63.3 Å². The molecule has 0 unspecified atom stereocenters. The first-order valence-electron chi connectivity index (χ1n) is 6.43. The number of nitrogens with zero attached hydrogens (tertiary/aromatic N) is 3. The second-order valence-electron chi connectivity index (χ2n) is 5.08. The summed E-state index contributed by atoms with van der Waals surface area (Å²) in [6.07, 6.45) is 1.46. The normalized spacial score (nSPS) is 11.3. The van der Waals surface area contributed by atoms with E-state index in [1.54, 1.807) is 19.9 Å². The van der Waals surface area contributed by atoms with Crippen molar-refractivity contribution in [2.24, 2.45) is 0 Å². The minimum absolute atomic E-state index is 0.0552. The quantitative estimate of drug-likeness (QED) is 0.646. The smallest absolute Gasteiger partial charge is 0.262 e. The molecule has 1 aromatic carbocycles. The molecule has 0 N–H and O–H groups in total. The maximum absolute atomic E-state index is 14.2. The topological polar surface area (TPSA) is 39.3 Å². The summed E-state index contributed by atoms with van der Waals surface area (Å²) in [6.45, 7) is 5.28. The fourth-order valence-corrected chi connectivity index (χ4v) is 2.30. The zero-order valence-electron chi connectivity index (χ0n) is 11.8. The van der Waals surface area contributed by atoms with Gasteiger partial charge in [-0.3, -0.25) is 9.20 Å². The number of aromatic nitrogens is 3. The van der Waals surface area contributed by atoms with Gasteiger partial charge in [0.1, 0.15) is 5.82 Å². The van der Waals surface area contributed by atoms with Gasteiger partial charge in [0.25, 0.3) is 5.56 Å². The molecule has 0 saturated carbocycles. The molecule has 0 atom stereocenters. The molecule has 0 aliphatic rings. The van der Waals surface area contributed by atoms with Crippen molar-refractivity contribution in [3.8, 4) is 5.69 Å². The third-order valence-electron chi connectivity index (χ3n) is 3.50. The number of aryl methyl sites for hydroxylation is 3. The Balaban J connectivity index is 2.46. The second-order valence-corrected chi connectivity index (χ2v) is 5.08. The molecule has 0 aliphatic carbocycles. The first-order valence-corrected chi connectivity index (χ1v) is 6.43. The molecular formula is C15H13F2N3O. The zero-order valence-corrected chi connectivity index (χ0v) is 11.8. The molecule has 6 heteroatoms. The predicted molar refractivity (Wildman–Crippen MR) is 74.9 cm³/mol. The summed E-state index contributed by atoms with van der Waals surface area (Å²) in [5.41, 5.74) is 1.56. The number of hydrogen-bond donors (Lipinski definition) is 0. The number of halogens is 2. The van der Waals surface area contributed by atoms with Gasteiger partial charge in [-0.05, 0) is 44.0 Å². The summed E-state index contributed by atoms with van der Waals surface area (Å²) in [6, 6.07) is 3.74. The number of benzene rings is 1. The Kier molecular flexibility index (Phi) is 2.90. The van der Waals surface area contributed by atoms with E-state index < -0.39 is 17.3 Å². The summed E-state index contributed by atoms with van der Waals surface area (Å²) in [5, 5.41) is 0. The zero-order chi connectivity index (χ0) is 15.3. The van der Waals surface area contributed by atoms with Gasteiger partial charge in [0.2, 0.25) is 11.7 Å². The molecule has 0 bridgehead atoms. The van der Waals surface area contributed by atoms with E-state index in [1.807, 2.05) is 6.92 Å². The van der Waals surface area contributed by atoms with Crippen LogP contribution in [0.1, 0.15) is 16.8 Å². The van der Waals surface area contributed by atoms with Gasteiger partial charge >= 0.3 is 0 Å². The Morgan fingerprint density at radius 1 is 1.05 bits per heavy atom. The van der Waals surface area contributed by atoms with Crippen molar-refractivity contribution in [1.82, 2.24) is 14.0 Å². The Hall–Kier alpha value is -2.50. The van der Waals surface area contributed by atoms with Gasteiger partial charge in [0, 0.05) is 6.20 Å². The lowest BCUT2D eigenvalue weighted by atomic mass is 10.1.